The summed E-state index contributed by atoms with van der Waals surface area (Å²) in [5.74, 6) is 0.793. The van der Waals surface area contributed by atoms with Crippen LogP contribution in [-0.2, 0) is 0 Å². The first-order valence-corrected chi connectivity index (χ1v) is 7.33. The minimum atomic E-state index is 0.579. The van der Waals surface area contributed by atoms with Crippen LogP contribution in [-0.4, -0.2) is 42.1 Å². The molecule has 4 heteroatoms. The van der Waals surface area contributed by atoms with Crippen LogP contribution in [0.5, 0.6) is 5.75 Å². The van der Waals surface area contributed by atoms with Gasteiger partial charge in [0.15, 0.2) is 0 Å². The quantitative estimate of drug-likeness (QED) is 0.510. The fourth-order valence-electron chi connectivity index (χ4n) is 2.76. The minimum Gasteiger partial charge on any atom is -0.493 e. The summed E-state index contributed by atoms with van der Waals surface area (Å²) < 4.78 is 5.89. The van der Waals surface area contributed by atoms with E-state index < -0.39 is 0 Å². The van der Waals surface area contributed by atoms with Crippen molar-refractivity contribution in [3.8, 4) is 5.75 Å². The van der Waals surface area contributed by atoms with E-state index in [-0.39, 0.29) is 0 Å². The zero-order valence-electron chi connectivity index (χ0n) is 12.4. The maximum Gasteiger partial charge on any atom is 0.128 e. The Bertz CT molecular complexity index is 460. The maximum atomic E-state index is 8.90. The molecule has 0 bridgehead atoms. The van der Waals surface area contributed by atoms with Gasteiger partial charge in [0, 0.05) is 11.6 Å². The first kappa shape index (κ1) is 14.9. The standard InChI is InChI=1S/C16H24N2O2/c1-13(17-19)15-8-3-4-9-16(15)20-12-10-14-7-5-6-11-18(14)2/h3-4,8-9,14,19H,5-7,10-12H2,1-2H3/b17-13+. The molecular formula is C16H24N2O2. The second kappa shape index (κ2) is 7.29. The van der Waals surface area contributed by atoms with Gasteiger partial charge in [-0.15, -0.1) is 0 Å². The molecule has 2 rings (SSSR count). The molecule has 1 fully saturated rings. The predicted octanol–water partition coefficient (Wildman–Crippen LogP) is 3.14. The van der Waals surface area contributed by atoms with Gasteiger partial charge in [-0.25, -0.2) is 0 Å². The summed E-state index contributed by atoms with van der Waals surface area (Å²) in [6, 6.07) is 8.33. The fraction of sp³-hybridized carbons (Fsp3) is 0.562. The van der Waals surface area contributed by atoms with E-state index >= 15 is 0 Å². The number of oxime groups is 1. The molecule has 0 radical (unpaired) electrons. The van der Waals surface area contributed by atoms with Gasteiger partial charge in [-0.1, -0.05) is 23.7 Å². The van der Waals surface area contributed by atoms with Crippen molar-refractivity contribution < 1.29 is 9.94 Å². The van der Waals surface area contributed by atoms with Gasteiger partial charge < -0.3 is 14.8 Å². The number of nitrogens with zero attached hydrogens (tertiary/aromatic N) is 2. The second-order valence-electron chi connectivity index (χ2n) is 5.45. The lowest BCUT2D eigenvalue weighted by Gasteiger charge is -2.32. The lowest BCUT2D eigenvalue weighted by atomic mass is 10.0. The molecule has 110 valence electrons. The fourth-order valence-corrected chi connectivity index (χ4v) is 2.76. The Balaban J connectivity index is 1.91. The van der Waals surface area contributed by atoms with E-state index in [0.29, 0.717) is 18.4 Å². The third-order valence-corrected chi connectivity index (χ3v) is 4.06. The average Bonchev–Trinajstić information content (AvgIpc) is 2.49. The van der Waals surface area contributed by atoms with Crippen LogP contribution < -0.4 is 4.74 Å². The summed E-state index contributed by atoms with van der Waals surface area (Å²) in [4.78, 5) is 2.43. The number of ether oxygens (including phenoxy) is 1. The third-order valence-electron chi connectivity index (χ3n) is 4.06. The predicted molar refractivity (Wildman–Crippen MR) is 80.8 cm³/mol. The van der Waals surface area contributed by atoms with Crippen LogP contribution in [0.15, 0.2) is 29.4 Å². The van der Waals surface area contributed by atoms with Crippen molar-refractivity contribution in [2.24, 2.45) is 5.16 Å². The smallest absolute Gasteiger partial charge is 0.128 e. The van der Waals surface area contributed by atoms with Crippen molar-refractivity contribution in [2.45, 2.75) is 38.6 Å². The van der Waals surface area contributed by atoms with Crippen LogP contribution in [0.4, 0.5) is 0 Å². The topological polar surface area (TPSA) is 45.1 Å². The first-order valence-electron chi connectivity index (χ1n) is 7.33. The summed E-state index contributed by atoms with van der Waals surface area (Å²) in [7, 11) is 2.19. The van der Waals surface area contributed by atoms with Gasteiger partial charge in [0.2, 0.25) is 0 Å². The largest absolute Gasteiger partial charge is 0.493 e. The number of piperidine rings is 1. The SMILES string of the molecule is C/C(=N\O)c1ccccc1OCCC1CCCCN1C. The molecule has 1 heterocycles. The molecule has 4 nitrogen and oxygen atoms in total. The molecule has 0 amide bonds. The summed E-state index contributed by atoms with van der Waals surface area (Å²) in [6.07, 6.45) is 4.93. The Morgan fingerprint density at radius 3 is 2.95 bits per heavy atom. The second-order valence-corrected chi connectivity index (χ2v) is 5.45. The van der Waals surface area contributed by atoms with Gasteiger partial charge in [0.05, 0.1) is 12.3 Å². The van der Waals surface area contributed by atoms with E-state index in [4.69, 9.17) is 9.94 Å². The van der Waals surface area contributed by atoms with Gasteiger partial charge in [0.1, 0.15) is 5.75 Å². The summed E-state index contributed by atoms with van der Waals surface area (Å²) in [5, 5.41) is 12.2. The van der Waals surface area contributed by atoms with Crippen LogP contribution >= 0.6 is 0 Å². The van der Waals surface area contributed by atoms with Crippen LogP contribution in [0.2, 0.25) is 0 Å². The Hall–Kier alpha value is -1.55. The average molecular weight is 276 g/mol. The Labute approximate surface area is 121 Å². The molecule has 1 unspecified atom stereocenters. The van der Waals surface area contributed by atoms with E-state index in [9.17, 15) is 0 Å². The van der Waals surface area contributed by atoms with E-state index in [1.54, 1.807) is 6.92 Å². The summed E-state index contributed by atoms with van der Waals surface area (Å²) in [6.45, 7) is 3.67. The summed E-state index contributed by atoms with van der Waals surface area (Å²) >= 11 is 0. The number of likely N-dealkylation sites (tertiary alicyclic amines) is 1. The van der Waals surface area contributed by atoms with Crippen molar-refractivity contribution in [3.63, 3.8) is 0 Å². The Morgan fingerprint density at radius 1 is 1.40 bits per heavy atom. The van der Waals surface area contributed by atoms with Crippen molar-refractivity contribution in [2.75, 3.05) is 20.2 Å². The number of hydrogen-bond donors (Lipinski definition) is 1. The van der Waals surface area contributed by atoms with Gasteiger partial charge in [-0.05, 0) is 51.9 Å². The highest BCUT2D eigenvalue weighted by atomic mass is 16.5. The summed E-state index contributed by atoms with van der Waals surface area (Å²) in [5.41, 5.74) is 1.43. The molecule has 1 aromatic carbocycles. The van der Waals surface area contributed by atoms with Crippen LogP contribution in [0.1, 0.15) is 38.2 Å². The van der Waals surface area contributed by atoms with E-state index in [1.807, 2.05) is 24.3 Å². The zero-order valence-corrected chi connectivity index (χ0v) is 12.4. The number of benzene rings is 1. The van der Waals surface area contributed by atoms with Crippen LogP contribution in [0.25, 0.3) is 0 Å². The van der Waals surface area contributed by atoms with E-state index in [1.165, 1.54) is 25.8 Å². The highest BCUT2D eigenvalue weighted by Gasteiger charge is 2.18. The monoisotopic (exact) mass is 276 g/mol. The van der Waals surface area contributed by atoms with Gasteiger partial charge >= 0.3 is 0 Å². The maximum absolute atomic E-state index is 8.90. The van der Waals surface area contributed by atoms with Crippen LogP contribution in [0.3, 0.4) is 0 Å². The molecule has 0 spiro atoms. The molecule has 1 aliphatic heterocycles. The highest BCUT2D eigenvalue weighted by molar-refractivity contribution is 6.00. The molecule has 20 heavy (non-hydrogen) atoms. The van der Waals surface area contributed by atoms with E-state index in [2.05, 4.69) is 17.1 Å². The molecule has 1 atom stereocenters. The van der Waals surface area contributed by atoms with Gasteiger partial charge in [-0.2, -0.15) is 0 Å². The number of para-hydroxylation sites is 1. The third kappa shape index (κ3) is 3.73. The van der Waals surface area contributed by atoms with Crippen LogP contribution in [0, 0.1) is 0 Å². The zero-order chi connectivity index (χ0) is 14.4. The Kier molecular flexibility index (Phi) is 5.41. The molecule has 1 aliphatic rings. The van der Waals surface area contributed by atoms with Crippen molar-refractivity contribution in [3.05, 3.63) is 29.8 Å². The number of hydrogen-bond acceptors (Lipinski definition) is 4. The normalized spacial score (nSPS) is 20.9. The van der Waals surface area contributed by atoms with Gasteiger partial charge in [-0.3, -0.25) is 0 Å². The molecule has 1 saturated heterocycles. The Morgan fingerprint density at radius 2 is 2.20 bits per heavy atom. The molecule has 0 saturated carbocycles. The minimum absolute atomic E-state index is 0.579. The molecule has 1 aromatic rings. The van der Waals surface area contributed by atoms with Crippen molar-refractivity contribution in [1.29, 1.82) is 0 Å². The molecular weight excluding hydrogens is 252 g/mol. The highest BCUT2D eigenvalue weighted by Crippen LogP contribution is 2.21. The first-order chi connectivity index (χ1) is 9.72. The van der Waals surface area contributed by atoms with Crippen molar-refractivity contribution >= 4 is 5.71 Å². The molecule has 0 aromatic heterocycles. The van der Waals surface area contributed by atoms with Gasteiger partial charge in [0.25, 0.3) is 0 Å². The lowest BCUT2D eigenvalue weighted by molar-refractivity contribution is 0.153. The van der Waals surface area contributed by atoms with E-state index in [0.717, 1.165) is 17.7 Å². The number of rotatable bonds is 5. The molecule has 1 N–H and O–H groups in total. The lowest BCUT2D eigenvalue weighted by Crippen LogP contribution is -2.37. The van der Waals surface area contributed by atoms with Crippen molar-refractivity contribution in [1.82, 2.24) is 4.90 Å². The molecule has 0 aliphatic carbocycles.